The van der Waals surface area contributed by atoms with Gasteiger partial charge in [-0.05, 0) is 24.5 Å². The summed E-state index contributed by atoms with van der Waals surface area (Å²) in [6.45, 7) is 0.568. The fourth-order valence-electron chi connectivity index (χ4n) is 2.11. The van der Waals surface area contributed by atoms with Crippen molar-refractivity contribution in [2.24, 2.45) is 5.73 Å². The molecule has 1 aliphatic carbocycles. The van der Waals surface area contributed by atoms with Gasteiger partial charge in [-0.1, -0.05) is 18.2 Å². The van der Waals surface area contributed by atoms with Crippen molar-refractivity contribution in [3.63, 3.8) is 0 Å². The Morgan fingerprint density at radius 3 is 2.88 bits per heavy atom. The molecule has 1 fully saturated rings. The number of nitrogens with zero attached hydrogens (tertiary/aromatic N) is 2. The highest BCUT2D eigenvalue weighted by atomic mass is 15.1. The molecule has 0 aliphatic heterocycles. The van der Waals surface area contributed by atoms with Crippen LogP contribution in [-0.4, -0.2) is 9.55 Å². The van der Waals surface area contributed by atoms with Gasteiger partial charge in [-0.15, -0.1) is 0 Å². The predicted octanol–water partition coefficient (Wildman–Crippen LogP) is 2.21. The van der Waals surface area contributed by atoms with Crippen molar-refractivity contribution >= 4 is 0 Å². The quantitative estimate of drug-likeness (QED) is 0.849. The van der Waals surface area contributed by atoms with Gasteiger partial charge in [0.15, 0.2) is 0 Å². The summed E-state index contributed by atoms with van der Waals surface area (Å²) in [6.07, 6.45) is 6.44. The number of aromatic nitrogens is 2. The van der Waals surface area contributed by atoms with Gasteiger partial charge in [0.05, 0.1) is 12.0 Å². The van der Waals surface area contributed by atoms with E-state index < -0.39 is 0 Å². The molecule has 2 aromatic rings. The maximum atomic E-state index is 5.76. The maximum absolute atomic E-state index is 5.76. The van der Waals surface area contributed by atoms with Gasteiger partial charge in [-0.3, -0.25) is 0 Å². The van der Waals surface area contributed by atoms with Gasteiger partial charge in [0.1, 0.15) is 0 Å². The zero-order valence-corrected chi connectivity index (χ0v) is 9.13. The number of imidazole rings is 1. The molecule has 0 saturated heterocycles. The van der Waals surface area contributed by atoms with Gasteiger partial charge < -0.3 is 10.3 Å². The highest BCUT2D eigenvalue weighted by molar-refractivity contribution is 5.43. The van der Waals surface area contributed by atoms with Crippen molar-refractivity contribution in [3.05, 3.63) is 48.0 Å². The molecule has 0 radical (unpaired) electrons. The number of hydrogen-bond acceptors (Lipinski definition) is 2. The van der Waals surface area contributed by atoms with Crippen molar-refractivity contribution in [2.45, 2.75) is 25.3 Å². The Labute approximate surface area is 94.9 Å². The van der Waals surface area contributed by atoms with Crippen LogP contribution < -0.4 is 5.73 Å². The van der Waals surface area contributed by atoms with E-state index in [1.807, 2.05) is 24.7 Å². The van der Waals surface area contributed by atoms with E-state index >= 15 is 0 Å². The van der Waals surface area contributed by atoms with Crippen molar-refractivity contribution in [3.8, 4) is 5.69 Å². The summed E-state index contributed by atoms with van der Waals surface area (Å²) in [7, 11) is 0. The first-order chi connectivity index (χ1) is 7.90. The summed E-state index contributed by atoms with van der Waals surface area (Å²) in [6, 6.07) is 8.26. The predicted molar refractivity (Wildman–Crippen MR) is 63.4 cm³/mol. The van der Waals surface area contributed by atoms with E-state index in [0.29, 0.717) is 12.5 Å². The van der Waals surface area contributed by atoms with E-state index in [9.17, 15) is 0 Å². The molecule has 0 atom stereocenters. The Bertz CT molecular complexity index is 497. The number of rotatable bonds is 3. The highest BCUT2D eigenvalue weighted by Crippen LogP contribution is 2.40. The molecule has 82 valence electrons. The minimum Gasteiger partial charge on any atom is -0.326 e. The molecule has 1 aliphatic rings. The summed E-state index contributed by atoms with van der Waals surface area (Å²) < 4.78 is 2.18. The van der Waals surface area contributed by atoms with Gasteiger partial charge in [-0.2, -0.15) is 0 Å². The third-order valence-electron chi connectivity index (χ3n) is 3.13. The largest absolute Gasteiger partial charge is 0.326 e. The Hall–Kier alpha value is -1.61. The number of hydrogen-bond donors (Lipinski definition) is 1. The van der Waals surface area contributed by atoms with Crippen LogP contribution in [0.15, 0.2) is 36.8 Å². The van der Waals surface area contributed by atoms with E-state index in [1.165, 1.54) is 29.8 Å². The molecule has 0 bridgehead atoms. The van der Waals surface area contributed by atoms with Gasteiger partial charge in [-0.25, -0.2) is 4.98 Å². The van der Waals surface area contributed by atoms with Crippen molar-refractivity contribution < 1.29 is 0 Å². The second kappa shape index (κ2) is 3.76. The molecule has 0 amide bonds. The molecule has 0 spiro atoms. The Morgan fingerprint density at radius 1 is 1.31 bits per heavy atom. The number of para-hydroxylation sites is 1. The Morgan fingerprint density at radius 2 is 2.12 bits per heavy atom. The minimum absolute atomic E-state index is 0.568. The van der Waals surface area contributed by atoms with Crippen molar-refractivity contribution in [2.75, 3.05) is 0 Å². The molecule has 1 heterocycles. The number of nitrogens with two attached hydrogens (primary N) is 1. The van der Waals surface area contributed by atoms with Crippen LogP contribution in [0.5, 0.6) is 0 Å². The molecule has 1 aromatic heterocycles. The van der Waals surface area contributed by atoms with Crippen molar-refractivity contribution in [1.29, 1.82) is 0 Å². The molecule has 16 heavy (non-hydrogen) atoms. The molecule has 0 unspecified atom stereocenters. The van der Waals surface area contributed by atoms with Gasteiger partial charge >= 0.3 is 0 Å². The topological polar surface area (TPSA) is 43.8 Å². The Kier molecular flexibility index (Phi) is 2.26. The lowest BCUT2D eigenvalue weighted by atomic mass is 10.1. The highest BCUT2D eigenvalue weighted by Gasteiger charge is 2.27. The lowest BCUT2D eigenvalue weighted by Crippen LogP contribution is -2.05. The summed E-state index contributed by atoms with van der Waals surface area (Å²) in [5.41, 5.74) is 9.42. The zero-order chi connectivity index (χ0) is 11.0. The summed E-state index contributed by atoms with van der Waals surface area (Å²) >= 11 is 0. The van der Waals surface area contributed by atoms with Crippen LogP contribution in [0.4, 0.5) is 0 Å². The second-order valence-electron chi connectivity index (χ2n) is 4.30. The smallest absolute Gasteiger partial charge is 0.0994 e. The normalized spacial score (nSPS) is 15.3. The van der Waals surface area contributed by atoms with Crippen LogP contribution in [0.1, 0.15) is 30.0 Å². The van der Waals surface area contributed by atoms with E-state index in [1.54, 1.807) is 0 Å². The lowest BCUT2D eigenvalue weighted by Gasteiger charge is -2.11. The standard InChI is InChI=1S/C13H15N3/c14-7-11-3-1-2-4-12(11)16-9-15-8-13(16)10-5-6-10/h1-4,8-10H,5-7,14H2. The molecule has 2 N–H and O–H groups in total. The molecule has 3 rings (SSSR count). The molecular weight excluding hydrogens is 198 g/mol. The van der Waals surface area contributed by atoms with Crippen LogP contribution in [0.2, 0.25) is 0 Å². The minimum atomic E-state index is 0.568. The Balaban J connectivity index is 2.10. The SMILES string of the molecule is NCc1ccccc1-n1cncc1C1CC1. The first-order valence-electron chi connectivity index (χ1n) is 5.70. The van der Waals surface area contributed by atoms with Gasteiger partial charge in [0, 0.05) is 24.4 Å². The first-order valence-corrected chi connectivity index (χ1v) is 5.70. The van der Waals surface area contributed by atoms with Gasteiger partial charge in [0.2, 0.25) is 0 Å². The second-order valence-corrected chi connectivity index (χ2v) is 4.30. The summed E-state index contributed by atoms with van der Waals surface area (Å²) in [4.78, 5) is 4.26. The monoisotopic (exact) mass is 213 g/mol. The summed E-state index contributed by atoms with van der Waals surface area (Å²) in [5.74, 6) is 0.702. The average Bonchev–Trinajstić information content (AvgIpc) is 3.07. The third kappa shape index (κ3) is 1.53. The van der Waals surface area contributed by atoms with E-state index in [4.69, 9.17) is 5.73 Å². The molecule has 1 saturated carbocycles. The van der Waals surface area contributed by atoms with Crippen LogP contribution in [-0.2, 0) is 6.54 Å². The fraction of sp³-hybridized carbons (Fsp3) is 0.308. The first kappa shape index (κ1) is 9.60. The maximum Gasteiger partial charge on any atom is 0.0994 e. The molecule has 3 nitrogen and oxygen atoms in total. The third-order valence-corrected chi connectivity index (χ3v) is 3.13. The fourth-order valence-corrected chi connectivity index (χ4v) is 2.11. The van der Waals surface area contributed by atoms with E-state index in [2.05, 4.69) is 21.7 Å². The van der Waals surface area contributed by atoms with Crippen LogP contribution in [0.25, 0.3) is 5.69 Å². The molecular formula is C13H15N3. The van der Waals surface area contributed by atoms with E-state index in [0.717, 1.165) is 0 Å². The lowest BCUT2D eigenvalue weighted by molar-refractivity contribution is 0.901. The zero-order valence-electron chi connectivity index (χ0n) is 9.13. The summed E-state index contributed by atoms with van der Waals surface area (Å²) in [5, 5.41) is 0. The van der Waals surface area contributed by atoms with Crippen LogP contribution >= 0.6 is 0 Å². The average molecular weight is 213 g/mol. The van der Waals surface area contributed by atoms with Crippen molar-refractivity contribution in [1.82, 2.24) is 9.55 Å². The van der Waals surface area contributed by atoms with Crippen LogP contribution in [0.3, 0.4) is 0 Å². The number of benzene rings is 1. The van der Waals surface area contributed by atoms with Crippen LogP contribution in [0, 0.1) is 0 Å². The van der Waals surface area contributed by atoms with Gasteiger partial charge in [0.25, 0.3) is 0 Å². The molecule has 1 aromatic carbocycles. The molecule has 3 heteroatoms. The van der Waals surface area contributed by atoms with E-state index in [-0.39, 0.29) is 0 Å².